The minimum absolute atomic E-state index is 0.0384. The van der Waals surface area contributed by atoms with Gasteiger partial charge < -0.3 is 15.7 Å². The Morgan fingerprint density at radius 2 is 2.32 bits per heavy atom. The molecule has 0 unspecified atom stereocenters. The number of ether oxygens (including phenoxy) is 1. The van der Waals surface area contributed by atoms with Crippen LogP contribution in [0.25, 0.3) is 0 Å². The first-order chi connectivity index (χ1) is 9.06. The molecule has 8 nitrogen and oxygen atoms in total. The van der Waals surface area contributed by atoms with Crippen LogP contribution in [0, 0.1) is 6.92 Å². The van der Waals surface area contributed by atoms with Gasteiger partial charge in [0.1, 0.15) is 5.56 Å². The van der Waals surface area contributed by atoms with Crippen molar-refractivity contribution in [3.63, 3.8) is 0 Å². The van der Waals surface area contributed by atoms with Crippen molar-refractivity contribution in [3.05, 3.63) is 23.7 Å². The Hall–Kier alpha value is -2.51. The number of rotatable bonds is 4. The maximum absolute atomic E-state index is 8.81. The highest BCUT2D eigenvalue weighted by atomic mass is 16.5. The predicted molar refractivity (Wildman–Crippen MR) is 68.4 cm³/mol. The molecule has 3 N–H and O–H groups in total. The second-order valence-electron chi connectivity index (χ2n) is 4.01. The molecule has 0 aliphatic rings. The molecule has 0 saturated heterocycles. The van der Waals surface area contributed by atoms with Gasteiger partial charge in [0.05, 0.1) is 18.1 Å². The average molecular weight is 264 g/mol. The van der Waals surface area contributed by atoms with Gasteiger partial charge in [-0.3, -0.25) is 4.68 Å². The second kappa shape index (κ2) is 5.01. The molecule has 0 aromatic carbocycles. The molecule has 0 fully saturated rings. The van der Waals surface area contributed by atoms with E-state index in [1.165, 1.54) is 4.68 Å². The van der Waals surface area contributed by atoms with Gasteiger partial charge in [-0.05, 0) is 13.8 Å². The standard InChI is InChI=1S/C11H16N6O2/c1-4-17-6-8(5-13-17)19-11-9(10(12)15-18)7(2)14-16(11)3/h5-6,18H,4H2,1-3H3,(H2,12,15). The summed E-state index contributed by atoms with van der Waals surface area (Å²) < 4.78 is 8.98. The zero-order chi connectivity index (χ0) is 14.0. The van der Waals surface area contributed by atoms with Gasteiger partial charge in [0.2, 0.25) is 5.88 Å². The first kappa shape index (κ1) is 12.9. The Labute approximate surface area is 110 Å². The summed E-state index contributed by atoms with van der Waals surface area (Å²) in [6, 6.07) is 0. The second-order valence-corrected chi connectivity index (χ2v) is 4.01. The van der Waals surface area contributed by atoms with Crippen LogP contribution in [0.1, 0.15) is 18.2 Å². The molecule has 0 aliphatic carbocycles. The van der Waals surface area contributed by atoms with Gasteiger partial charge in [-0.2, -0.15) is 10.2 Å². The van der Waals surface area contributed by atoms with Crippen molar-refractivity contribution in [1.29, 1.82) is 0 Å². The van der Waals surface area contributed by atoms with E-state index in [1.807, 2.05) is 6.92 Å². The van der Waals surface area contributed by atoms with E-state index < -0.39 is 0 Å². The highest BCUT2D eigenvalue weighted by Gasteiger charge is 2.19. The highest BCUT2D eigenvalue weighted by molar-refractivity contribution is 6.00. The maximum atomic E-state index is 8.81. The number of amidine groups is 1. The molecular formula is C11H16N6O2. The smallest absolute Gasteiger partial charge is 0.229 e. The van der Waals surface area contributed by atoms with Crippen molar-refractivity contribution in [2.45, 2.75) is 20.4 Å². The fraction of sp³-hybridized carbons (Fsp3) is 0.364. The summed E-state index contributed by atoms with van der Waals surface area (Å²) in [6.45, 7) is 4.49. The normalized spacial score (nSPS) is 11.8. The van der Waals surface area contributed by atoms with Gasteiger partial charge in [0, 0.05) is 13.6 Å². The third-order valence-corrected chi connectivity index (χ3v) is 2.68. The molecule has 0 atom stereocenters. The van der Waals surface area contributed by atoms with Gasteiger partial charge in [0.25, 0.3) is 0 Å². The van der Waals surface area contributed by atoms with E-state index in [9.17, 15) is 0 Å². The van der Waals surface area contributed by atoms with Crippen molar-refractivity contribution in [2.75, 3.05) is 0 Å². The summed E-state index contributed by atoms with van der Waals surface area (Å²) in [4.78, 5) is 0. The van der Waals surface area contributed by atoms with Crippen LogP contribution in [0.5, 0.6) is 11.6 Å². The number of hydrogen-bond donors (Lipinski definition) is 2. The summed E-state index contributed by atoms with van der Waals surface area (Å²) in [5.74, 6) is 0.934. The minimum atomic E-state index is -0.0384. The van der Waals surface area contributed by atoms with Gasteiger partial charge in [0.15, 0.2) is 11.6 Å². The van der Waals surface area contributed by atoms with Crippen LogP contribution in [0.4, 0.5) is 0 Å². The largest absolute Gasteiger partial charge is 0.435 e. The van der Waals surface area contributed by atoms with Gasteiger partial charge in [-0.15, -0.1) is 0 Å². The average Bonchev–Trinajstić information content (AvgIpc) is 2.95. The van der Waals surface area contributed by atoms with E-state index >= 15 is 0 Å². The number of nitrogens with two attached hydrogens (primary N) is 1. The SMILES string of the molecule is CCn1cc(Oc2c(/C(N)=N/O)c(C)nn2C)cn1. The van der Waals surface area contributed by atoms with Crippen LogP contribution in [-0.4, -0.2) is 30.6 Å². The Morgan fingerprint density at radius 3 is 2.89 bits per heavy atom. The Bertz CT molecular complexity index is 613. The lowest BCUT2D eigenvalue weighted by Crippen LogP contribution is -2.14. The first-order valence-corrected chi connectivity index (χ1v) is 5.78. The Morgan fingerprint density at radius 1 is 1.58 bits per heavy atom. The molecule has 2 aromatic rings. The highest BCUT2D eigenvalue weighted by Crippen LogP contribution is 2.26. The molecule has 19 heavy (non-hydrogen) atoms. The molecular weight excluding hydrogens is 248 g/mol. The first-order valence-electron chi connectivity index (χ1n) is 5.78. The molecule has 0 bridgehead atoms. The quantitative estimate of drug-likeness (QED) is 0.368. The zero-order valence-electron chi connectivity index (χ0n) is 11.0. The predicted octanol–water partition coefficient (Wildman–Crippen LogP) is 0.832. The summed E-state index contributed by atoms with van der Waals surface area (Å²) in [5.41, 5.74) is 6.73. The Kier molecular flexibility index (Phi) is 3.41. The van der Waals surface area contributed by atoms with E-state index in [0.717, 1.165) is 6.54 Å². The van der Waals surface area contributed by atoms with E-state index in [4.69, 9.17) is 15.7 Å². The van der Waals surface area contributed by atoms with E-state index in [-0.39, 0.29) is 5.84 Å². The summed E-state index contributed by atoms with van der Waals surface area (Å²) >= 11 is 0. The lowest BCUT2D eigenvalue weighted by molar-refractivity contribution is 0.318. The van der Waals surface area contributed by atoms with E-state index in [1.54, 1.807) is 31.0 Å². The summed E-state index contributed by atoms with van der Waals surface area (Å²) in [6.07, 6.45) is 3.36. The molecule has 2 aromatic heterocycles. The minimum Gasteiger partial charge on any atom is -0.435 e. The van der Waals surface area contributed by atoms with Crippen LogP contribution >= 0.6 is 0 Å². The third kappa shape index (κ3) is 2.37. The fourth-order valence-corrected chi connectivity index (χ4v) is 1.78. The van der Waals surface area contributed by atoms with Gasteiger partial charge in [-0.25, -0.2) is 4.68 Å². The van der Waals surface area contributed by atoms with E-state index in [2.05, 4.69) is 15.4 Å². The number of nitrogens with zero attached hydrogens (tertiary/aromatic N) is 5. The van der Waals surface area contributed by atoms with Crippen LogP contribution in [0.3, 0.4) is 0 Å². The van der Waals surface area contributed by atoms with Crippen molar-refractivity contribution < 1.29 is 9.94 Å². The molecule has 8 heteroatoms. The summed E-state index contributed by atoms with van der Waals surface area (Å²) in [7, 11) is 1.72. The van der Waals surface area contributed by atoms with Crippen molar-refractivity contribution >= 4 is 5.84 Å². The van der Waals surface area contributed by atoms with Gasteiger partial charge >= 0.3 is 0 Å². The third-order valence-electron chi connectivity index (χ3n) is 2.68. The molecule has 0 amide bonds. The molecule has 2 heterocycles. The van der Waals surface area contributed by atoms with Crippen LogP contribution < -0.4 is 10.5 Å². The number of oxime groups is 1. The topological polar surface area (TPSA) is 103 Å². The number of hydrogen-bond acceptors (Lipinski definition) is 5. The van der Waals surface area contributed by atoms with Gasteiger partial charge in [-0.1, -0.05) is 5.16 Å². The number of aromatic nitrogens is 4. The van der Waals surface area contributed by atoms with Crippen LogP contribution in [0.2, 0.25) is 0 Å². The van der Waals surface area contributed by atoms with Crippen LogP contribution in [-0.2, 0) is 13.6 Å². The fourth-order valence-electron chi connectivity index (χ4n) is 1.78. The lowest BCUT2D eigenvalue weighted by Gasteiger charge is -2.05. The van der Waals surface area contributed by atoms with Crippen molar-refractivity contribution in [2.24, 2.45) is 17.9 Å². The molecule has 2 rings (SSSR count). The van der Waals surface area contributed by atoms with Crippen LogP contribution in [0.15, 0.2) is 17.5 Å². The molecule has 0 saturated carbocycles. The zero-order valence-corrected chi connectivity index (χ0v) is 11.0. The number of aryl methyl sites for hydroxylation is 3. The molecule has 0 spiro atoms. The van der Waals surface area contributed by atoms with Crippen molar-refractivity contribution in [3.8, 4) is 11.6 Å². The summed E-state index contributed by atoms with van der Waals surface area (Å²) in [5, 5.41) is 20.1. The lowest BCUT2D eigenvalue weighted by atomic mass is 10.2. The molecule has 0 aliphatic heterocycles. The monoisotopic (exact) mass is 264 g/mol. The van der Waals surface area contributed by atoms with E-state index in [0.29, 0.717) is 22.9 Å². The van der Waals surface area contributed by atoms with Crippen molar-refractivity contribution in [1.82, 2.24) is 19.6 Å². The molecule has 0 radical (unpaired) electrons. The Balaban J connectivity index is 2.39. The molecule has 102 valence electrons. The maximum Gasteiger partial charge on any atom is 0.229 e.